The third-order valence-electron chi connectivity index (χ3n) is 2.64. The van der Waals surface area contributed by atoms with Gasteiger partial charge >= 0.3 is 0 Å². The zero-order chi connectivity index (χ0) is 9.10. The Morgan fingerprint density at radius 3 is 2.57 bits per heavy atom. The van der Waals surface area contributed by atoms with E-state index in [0.29, 0.717) is 6.54 Å². The Hall–Kier alpha value is -0.600. The van der Waals surface area contributed by atoms with Crippen LogP contribution in [0, 0.1) is 0 Å². The molecule has 14 heavy (non-hydrogen) atoms. The lowest BCUT2D eigenvalue weighted by atomic mass is 9.89. The van der Waals surface area contributed by atoms with Gasteiger partial charge in [0.1, 0.15) is 6.17 Å². The highest BCUT2D eigenvalue weighted by atomic mass is 35.5. The molecule has 0 aromatic heterocycles. The van der Waals surface area contributed by atoms with Gasteiger partial charge in [-0.1, -0.05) is 30.3 Å². The van der Waals surface area contributed by atoms with Gasteiger partial charge in [-0.25, -0.2) is 4.39 Å². The standard InChI is InChI=1S/C11H14FN.ClH/c12-11-8-13-7-6-10(11)9-4-2-1-3-5-9;/h1-5,10-11,13H,6-8H2;1H/t10-,11+;/m0./s1. The molecule has 0 amide bonds. The van der Waals surface area contributed by atoms with Crippen LogP contribution in [0.2, 0.25) is 0 Å². The summed E-state index contributed by atoms with van der Waals surface area (Å²) in [7, 11) is 0. The minimum absolute atomic E-state index is 0. The second kappa shape index (κ2) is 5.32. The topological polar surface area (TPSA) is 12.0 Å². The van der Waals surface area contributed by atoms with Crippen LogP contribution in [0.1, 0.15) is 17.9 Å². The predicted octanol–water partition coefficient (Wildman–Crippen LogP) is 2.52. The lowest BCUT2D eigenvalue weighted by Crippen LogP contribution is -2.36. The molecular weight excluding hydrogens is 201 g/mol. The second-order valence-corrected chi connectivity index (χ2v) is 3.53. The van der Waals surface area contributed by atoms with Crippen molar-refractivity contribution in [2.45, 2.75) is 18.5 Å². The Morgan fingerprint density at radius 1 is 1.21 bits per heavy atom. The maximum atomic E-state index is 13.5. The van der Waals surface area contributed by atoms with Crippen LogP contribution in [0.4, 0.5) is 4.39 Å². The van der Waals surface area contributed by atoms with E-state index in [9.17, 15) is 4.39 Å². The number of halogens is 2. The van der Waals surface area contributed by atoms with Gasteiger partial charge in [0, 0.05) is 12.5 Å². The lowest BCUT2D eigenvalue weighted by molar-refractivity contribution is 0.231. The summed E-state index contributed by atoms with van der Waals surface area (Å²) < 4.78 is 13.5. The van der Waals surface area contributed by atoms with E-state index >= 15 is 0 Å². The van der Waals surface area contributed by atoms with E-state index in [-0.39, 0.29) is 18.3 Å². The smallest absolute Gasteiger partial charge is 0.119 e. The number of nitrogens with one attached hydrogen (secondary N) is 1. The molecule has 3 heteroatoms. The molecule has 0 unspecified atom stereocenters. The summed E-state index contributed by atoms with van der Waals surface area (Å²) in [6.45, 7) is 1.43. The van der Waals surface area contributed by atoms with E-state index in [0.717, 1.165) is 18.5 Å². The average molecular weight is 216 g/mol. The molecule has 1 nitrogen and oxygen atoms in total. The van der Waals surface area contributed by atoms with Crippen LogP contribution in [-0.2, 0) is 0 Å². The van der Waals surface area contributed by atoms with Crippen LogP contribution < -0.4 is 5.32 Å². The number of alkyl halides is 1. The molecule has 0 saturated carbocycles. The Balaban J connectivity index is 0.000000980. The van der Waals surface area contributed by atoms with E-state index in [1.165, 1.54) is 0 Å². The van der Waals surface area contributed by atoms with Crippen LogP contribution >= 0.6 is 12.4 Å². The molecular formula is C11H15ClFN. The van der Waals surface area contributed by atoms with Crippen molar-refractivity contribution >= 4 is 12.4 Å². The molecule has 78 valence electrons. The first-order valence-electron chi connectivity index (χ1n) is 4.77. The summed E-state index contributed by atoms with van der Waals surface area (Å²) in [5.74, 6) is 0.0995. The largest absolute Gasteiger partial charge is 0.314 e. The fraction of sp³-hybridized carbons (Fsp3) is 0.455. The zero-order valence-corrected chi connectivity index (χ0v) is 8.77. The third-order valence-corrected chi connectivity index (χ3v) is 2.64. The Bertz CT molecular complexity index is 265. The molecule has 2 atom stereocenters. The minimum Gasteiger partial charge on any atom is -0.314 e. The summed E-state index contributed by atoms with van der Waals surface area (Å²) in [5, 5.41) is 3.06. The molecule has 1 aliphatic heterocycles. The number of rotatable bonds is 1. The van der Waals surface area contributed by atoms with Crippen molar-refractivity contribution in [2.75, 3.05) is 13.1 Å². The Labute approximate surface area is 90.1 Å². The van der Waals surface area contributed by atoms with Crippen molar-refractivity contribution in [2.24, 2.45) is 0 Å². The molecule has 1 heterocycles. The van der Waals surface area contributed by atoms with Crippen LogP contribution in [-0.4, -0.2) is 19.3 Å². The monoisotopic (exact) mass is 215 g/mol. The maximum absolute atomic E-state index is 13.5. The molecule has 1 aliphatic rings. The van der Waals surface area contributed by atoms with Crippen LogP contribution in [0.5, 0.6) is 0 Å². The second-order valence-electron chi connectivity index (χ2n) is 3.53. The Kier molecular flexibility index (Phi) is 4.36. The molecule has 2 rings (SSSR count). The van der Waals surface area contributed by atoms with E-state index in [2.05, 4.69) is 5.32 Å². The highest BCUT2D eigenvalue weighted by Gasteiger charge is 2.25. The summed E-state index contributed by atoms with van der Waals surface area (Å²) in [6.07, 6.45) is 0.182. The molecule has 1 aromatic rings. The van der Waals surface area contributed by atoms with E-state index < -0.39 is 6.17 Å². The predicted molar refractivity (Wildman–Crippen MR) is 58.8 cm³/mol. The maximum Gasteiger partial charge on any atom is 0.119 e. The van der Waals surface area contributed by atoms with Crippen molar-refractivity contribution in [3.63, 3.8) is 0 Å². The first kappa shape index (κ1) is 11.5. The molecule has 0 spiro atoms. The van der Waals surface area contributed by atoms with Gasteiger partial charge in [0.2, 0.25) is 0 Å². The quantitative estimate of drug-likeness (QED) is 0.759. The van der Waals surface area contributed by atoms with Crippen LogP contribution in [0.3, 0.4) is 0 Å². The molecule has 0 radical (unpaired) electrons. The number of piperidine rings is 1. The van der Waals surface area contributed by atoms with Gasteiger partial charge in [-0.3, -0.25) is 0 Å². The first-order chi connectivity index (χ1) is 6.38. The first-order valence-corrected chi connectivity index (χ1v) is 4.77. The van der Waals surface area contributed by atoms with Crippen molar-refractivity contribution in [3.05, 3.63) is 35.9 Å². The normalized spacial score (nSPS) is 26.6. The minimum atomic E-state index is -0.726. The van der Waals surface area contributed by atoms with Crippen molar-refractivity contribution in [1.29, 1.82) is 0 Å². The summed E-state index contributed by atoms with van der Waals surface area (Å²) in [5.41, 5.74) is 1.14. The van der Waals surface area contributed by atoms with Crippen molar-refractivity contribution in [1.82, 2.24) is 5.32 Å². The van der Waals surface area contributed by atoms with Gasteiger partial charge in [-0.2, -0.15) is 0 Å². The summed E-state index contributed by atoms with van der Waals surface area (Å²) >= 11 is 0. The Morgan fingerprint density at radius 2 is 1.93 bits per heavy atom. The zero-order valence-electron chi connectivity index (χ0n) is 7.95. The molecule has 1 aromatic carbocycles. The van der Waals surface area contributed by atoms with Gasteiger partial charge in [-0.15, -0.1) is 12.4 Å². The fourth-order valence-electron chi connectivity index (χ4n) is 1.90. The third kappa shape index (κ3) is 2.46. The summed E-state index contributed by atoms with van der Waals surface area (Å²) in [4.78, 5) is 0. The molecule has 1 saturated heterocycles. The highest BCUT2D eigenvalue weighted by molar-refractivity contribution is 5.85. The highest BCUT2D eigenvalue weighted by Crippen LogP contribution is 2.27. The summed E-state index contributed by atoms with van der Waals surface area (Å²) in [6, 6.07) is 9.96. The molecule has 0 aliphatic carbocycles. The van der Waals surface area contributed by atoms with Crippen LogP contribution in [0.15, 0.2) is 30.3 Å². The van der Waals surface area contributed by atoms with Crippen LogP contribution in [0.25, 0.3) is 0 Å². The van der Waals surface area contributed by atoms with Gasteiger partial charge < -0.3 is 5.32 Å². The number of hydrogen-bond donors (Lipinski definition) is 1. The number of benzene rings is 1. The van der Waals surface area contributed by atoms with E-state index in [1.807, 2.05) is 30.3 Å². The van der Waals surface area contributed by atoms with Crippen molar-refractivity contribution in [3.8, 4) is 0 Å². The average Bonchev–Trinajstić information content (AvgIpc) is 2.20. The number of hydrogen-bond acceptors (Lipinski definition) is 1. The van der Waals surface area contributed by atoms with E-state index in [4.69, 9.17) is 0 Å². The van der Waals surface area contributed by atoms with Gasteiger partial charge in [0.15, 0.2) is 0 Å². The molecule has 0 bridgehead atoms. The SMILES string of the molecule is Cl.F[C@@H]1CNCC[C@H]1c1ccccc1. The van der Waals surface area contributed by atoms with Crippen molar-refractivity contribution < 1.29 is 4.39 Å². The molecule has 1 fully saturated rings. The van der Waals surface area contributed by atoms with Gasteiger partial charge in [0.05, 0.1) is 0 Å². The lowest BCUT2D eigenvalue weighted by Gasteiger charge is -2.26. The fourth-order valence-corrected chi connectivity index (χ4v) is 1.90. The molecule has 1 N–H and O–H groups in total. The van der Waals surface area contributed by atoms with Gasteiger partial charge in [-0.05, 0) is 18.5 Å². The van der Waals surface area contributed by atoms with Gasteiger partial charge in [0.25, 0.3) is 0 Å². The van der Waals surface area contributed by atoms with E-state index in [1.54, 1.807) is 0 Å².